The highest BCUT2D eigenvalue weighted by molar-refractivity contribution is 5.97. The maximum atomic E-state index is 14.0. The Hall–Kier alpha value is -2.81. The Balaban J connectivity index is 2.10. The molecule has 2 amide bonds. The molecule has 3 rings (SSSR count). The third-order valence-corrected chi connectivity index (χ3v) is 5.60. The number of carbonyl (C=O) groups excluding carboxylic acids is 2. The second-order valence-electron chi connectivity index (χ2n) is 10.1. The van der Waals surface area contributed by atoms with Gasteiger partial charge in [-0.1, -0.05) is 34.6 Å². The summed E-state index contributed by atoms with van der Waals surface area (Å²) in [5.74, 6) is -2.35. The van der Waals surface area contributed by atoms with E-state index in [2.05, 4.69) is 34.8 Å². The molecule has 0 radical (unpaired) electrons. The van der Waals surface area contributed by atoms with Crippen molar-refractivity contribution in [2.24, 2.45) is 10.8 Å². The Bertz CT molecular complexity index is 1040. The fraction of sp³-hybridized carbons (Fsp3) is 0.522. The first-order valence-corrected chi connectivity index (χ1v) is 10.6. The number of carbonyl (C=O) groups is 2. The lowest BCUT2D eigenvalue weighted by molar-refractivity contribution is -0.124. The van der Waals surface area contributed by atoms with Gasteiger partial charge in [0.1, 0.15) is 11.9 Å². The van der Waals surface area contributed by atoms with Crippen molar-refractivity contribution in [2.45, 2.75) is 53.8 Å². The van der Waals surface area contributed by atoms with Crippen LogP contribution in [0.5, 0.6) is 0 Å². The van der Waals surface area contributed by atoms with Crippen molar-refractivity contribution in [1.29, 1.82) is 0 Å². The van der Waals surface area contributed by atoms with Gasteiger partial charge in [0.05, 0.1) is 5.69 Å². The average Bonchev–Trinajstić information content (AvgIpc) is 2.95. The van der Waals surface area contributed by atoms with E-state index in [-0.39, 0.29) is 17.0 Å². The van der Waals surface area contributed by atoms with Crippen LogP contribution >= 0.6 is 0 Å². The van der Waals surface area contributed by atoms with E-state index in [1.54, 1.807) is 0 Å². The summed E-state index contributed by atoms with van der Waals surface area (Å²) in [4.78, 5) is 30.3. The standard InChI is InChI=1S/C23H31F2N5O2/c1-22(2,3)18(21(32)26-6)29-20(31)17-16-10-27-11-23(4,5)12-30(16)19(28-17)13-7-8-14(24)15(25)9-13/h7-9,18,27H,10-12H2,1-6H3,(H,26,32)(H,29,31). The van der Waals surface area contributed by atoms with Crippen LogP contribution in [0, 0.1) is 22.5 Å². The van der Waals surface area contributed by atoms with Crippen LogP contribution in [0.15, 0.2) is 18.2 Å². The molecule has 2 heterocycles. The summed E-state index contributed by atoms with van der Waals surface area (Å²) in [5, 5.41) is 8.73. The number of hydrogen-bond donors (Lipinski definition) is 3. The highest BCUT2D eigenvalue weighted by Crippen LogP contribution is 2.31. The number of nitrogens with one attached hydrogen (secondary N) is 3. The van der Waals surface area contributed by atoms with Crippen molar-refractivity contribution in [1.82, 2.24) is 25.5 Å². The molecule has 1 aliphatic rings. The highest BCUT2D eigenvalue weighted by atomic mass is 19.2. The van der Waals surface area contributed by atoms with Crippen LogP contribution in [-0.2, 0) is 17.9 Å². The molecule has 0 saturated carbocycles. The monoisotopic (exact) mass is 447 g/mol. The third-order valence-electron chi connectivity index (χ3n) is 5.60. The molecule has 1 unspecified atom stereocenters. The van der Waals surface area contributed by atoms with Crippen LogP contribution in [0.4, 0.5) is 8.78 Å². The first-order chi connectivity index (χ1) is 14.8. The van der Waals surface area contributed by atoms with Crippen LogP contribution < -0.4 is 16.0 Å². The molecule has 32 heavy (non-hydrogen) atoms. The van der Waals surface area contributed by atoms with E-state index in [1.165, 1.54) is 13.1 Å². The third kappa shape index (κ3) is 4.82. The lowest BCUT2D eigenvalue weighted by Gasteiger charge is -2.29. The number of likely N-dealkylation sites (N-methyl/N-ethyl adjacent to an activating group) is 1. The van der Waals surface area contributed by atoms with Gasteiger partial charge in [0, 0.05) is 32.2 Å². The van der Waals surface area contributed by atoms with E-state index in [0.717, 1.165) is 12.1 Å². The molecule has 7 nitrogen and oxygen atoms in total. The summed E-state index contributed by atoms with van der Waals surface area (Å²) in [6.07, 6.45) is 0. The number of nitrogens with zero attached hydrogens (tertiary/aromatic N) is 2. The second-order valence-corrected chi connectivity index (χ2v) is 10.1. The molecule has 1 atom stereocenters. The molecule has 9 heteroatoms. The number of amides is 2. The van der Waals surface area contributed by atoms with Gasteiger partial charge in [0.25, 0.3) is 5.91 Å². The van der Waals surface area contributed by atoms with Crippen LogP contribution in [0.2, 0.25) is 0 Å². The summed E-state index contributed by atoms with van der Waals surface area (Å²) in [7, 11) is 1.52. The van der Waals surface area contributed by atoms with Gasteiger partial charge in [0.2, 0.25) is 5.91 Å². The molecule has 0 fully saturated rings. The molecule has 0 spiro atoms. The maximum absolute atomic E-state index is 14.0. The molecule has 0 aliphatic carbocycles. The molecule has 2 aromatic rings. The number of aromatic nitrogens is 2. The summed E-state index contributed by atoms with van der Waals surface area (Å²) < 4.78 is 29.4. The predicted molar refractivity (Wildman–Crippen MR) is 118 cm³/mol. The number of hydrogen-bond acceptors (Lipinski definition) is 4. The Kier molecular flexibility index (Phi) is 6.42. The van der Waals surface area contributed by atoms with E-state index in [4.69, 9.17) is 0 Å². The van der Waals surface area contributed by atoms with Crippen molar-refractivity contribution in [3.05, 3.63) is 41.2 Å². The largest absolute Gasteiger partial charge is 0.357 e. The van der Waals surface area contributed by atoms with Crippen molar-refractivity contribution < 1.29 is 18.4 Å². The molecule has 1 aliphatic heterocycles. The molecule has 174 valence electrons. The van der Waals surface area contributed by atoms with Gasteiger partial charge >= 0.3 is 0 Å². The Morgan fingerprint density at radius 3 is 2.50 bits per heavy atom. The van der Waals surface area contributed by atoms with E-state index >= 15 is 0 Å². The van der Waals surface area contributed by atoms with Gasteiger partial charge in [0.15, 0.2) is 17.3 Å². The quantitative estimate of drug-likeness (QED) is 0.673. The minimum atomic E-state index is -0.982. The molecule has 3 N–H and O–H groups in total. The molecule has 1 aromatic carbocycles. The zero-order chi connectivity index (χ0) is 23.8. The zero-order valence-corrected chi connectivity index (χ0v) is 19.4. The fourth-order valence-corrected chi connectivity index (χ4v) is 3.90. The van der Waals surface area contributed by atoms with Gasteiger partial charge in [-0.05, 0) is 29.0 Å². The van der Waals surface area contributed by atoms with E-state index in [9.17, 15) is 18.4 Å². The van der Waals surface area contributed by atoms with Crippen molar-refractivity contribution in [3.63, 3.8) is 0 Å². The summed E-state index contributed by atoms with van der Waals surface area (Å²) in [5.41, 5.74) is 0.476. The minimum absolute atomic E-state index is 0.160. The zero-order valence-electron chi connectivity index (χ0n) is 19.4. The van der Waals surface area contributed by atoms with Crippen LogP contribution in [0.3, 0.4) is 0 Å². The first-order valence-electron chi connectivity index (χ1n) is 10.6. The summed E-state index contributed by atoms with van der Waals surface area (Å²) in [6.45, 7) is 11.3. The SMILES string of the molecule is CNC(=O)C(NC(=O)c1nc(-c2ccc(F)c(F)c2)n2c1CNCC(C)(C)C2)C(C)(C)C. The average molecular weight is 448 g/mol. The number of halogens is 2. The highest BCUT2D eigenvalue weighted by Gasteiger charge is 2.35. The summed E-state index contributed by atoms with van der Waals surface area (Å²) >= 11 is 0. The number of benzene rings is 1. The predicted octanol–water partition coefficient (Wildman–Crippen LogP) is 2.85. The normalized spacial score (nSPS) is 16.6. The van der Waals surface area contributed by atoms with Gasteiger partial charge in [-0.25, -0.2) is 13.8 Å². The van der Waals surface area contributed by atoms with Crippen molar-refractivity contribution in [2.75, 3.05) is 13.6 Å². The number of rotatable bonds is 4. The van der Waals surface area contributed by atoms with E-state index in [1.807, 2.05) is 25.3 Å². The molecule has 1 aromatic heterocycles. The van der Waals surface area contributed by atoms with Gasteiger partial charge < -0.3 is 20.5 Å². The fourth-order valence-electron chi connectivity index (χ4n) is 3.90. The van der Waals surface area contributed by atoms with Crippen molar-refractivity contribution >= 4 is 11.8 Å². The summed E-state index contributed by atoms with van der Waals surface area (Å²) in [6, 6.07) is 2.80. The Morgan fingerprint density at radius 1 is 1.22 bits per heavy atom. The van der Waals surface area contributed by atoms with Gasteiger partial charge in [-0.2, -0.15) is 0 Å². The first kappa shape index (κ1) is 23.8. The van der Waals surface area contributed by atoms with Crippen LogP contribution in [0.1, 0.15) is 50.8 Å². The lowest BCUT2D eigenvalue weighted by Crippen LogP contribution is -2.53. The molecule has 0 bridgehead atoms. The molecular weight excluding hydrogens is 416 g/mol. The van der Waals surface area contributed by atoms with Crippen LogP contribution in [-0.4, -0.2) is 41.0 Å². The number of imidazole rings is 1. The maximum Gasteiger partial charge on any atom is 0.272 e. The van der Waals surface area contributed by atoms with Gasteiger partial charge in [-0.3, -0.25) is 9.59 Å². The minimum Gasteiger partial charge on any atom is -0.357 e. The van der Waals surface area contributed by atoms with E-state index in [0.29, 0.717) is 36.7 Å². The molecular formula is C23H31F2N5O2. The van der Waals surface area contributed by atoms with Gasteiger partial charge in [-0.15, -0.1) is 0 Å². The van der Waals surface area contributed by atoms with E-state index < -0.39 is 29.0 Å². The van der Waals surface area contributed by atoms with Crippen molar-refractivity contribution in [3.8, 4) is 11.4 Å². The Labute approximate surface area is 187 Å². The number of fused-ring (bicyclic) bond motifs is 1. The topological polar surface area (TPSA) is 88.1 Å². The van der Waals surface area contributed by atoms with Crippen LogP contribution in [0.25, 0.3) is 11.4 Å². The molecule has 0 saturated heterocycles. The smallest absolute Gasteiger partial charge is 0.272 e. The second kappa shape index (κ2) is 8.61. The Morgan fingerprint density at radius 2 is 1.91 bits per heavy atom. The lowest BCUT2D eigenvalue weighted by atomic mass is 9.86.